The van der Waals surface area contributed by atoms with Crippen molar-refractivity contribution < 1.29 is 14.1 Å². The van der Waals surface area contributed by atoms with E-state index in [0.29, 0.717) is 30.6 Å². The van der Waals surface area contributed by atoms with Gasteiger partial charge in [-0.05, 0) is 12.3 Å². The topological polar surface area (TPSA) is 77.2 Å². The Bertz CT molecular complexity index is 402. The second-order valence-electron chi connectivity index (χ2n) is 5.29. The number of nitrogens with zero attached hydrogens (tertiary/aromatic N) is 2. The van der Waals surface area contributed by atoms with Crippen LogP contribution in [0, 0.1) is 5.92 Å². The molecule has 1 aromatic heterocycles. The van der Waals surface area contributed by atoms with Crippen LogP contribution in [0.15, 0.2) is 4.52 Å². The summed E-state index contributed by atoms with van der Waals surface area (Å²) in [4.78, 5) is 15.9. The van der Waals surface area contributed by atoms with E-state index in [1.807, 2.05) is 13.8 Å². The highest BCUT2D eigenvalue weighted by Crippen LogP contribution is 2.11. The molecule has 0 amide bonds. The molecular formula is C13H23N3O3. The molecule has 0 fully saturated rings. The van der Waals surface area contributed by atoms with Gasteiger partial charge < -0.3 is 9.26 Å². The molecule has 0 aliphatic heterocycles. The second kappa shape index (κ2) is 7.23. The van der Waals surface area contributed by atoms with Gasteiger partial charge in [0.05, 0.1) is 13.7 Å². The third kappa shape index (κ3) is 4.98. The van der Waals surface area contributed by atoms with Crippen LogP contribution in [-0.4, -0.2) is 29.3 Å². The maximum absolute atomic E-state index is 11.6. The maximum atomic E-state index is 11.6. The van der Waals surface area contributed by atoms with E-state index in [9.17, 15) is 4.79 Å². The van der Waals surface area contributed by atoms with E-state index < -0.39 is 0 Å². The number of ether oxygens (including phenoxy) is 1. The van der Waals surface area contributed by atoms with Crippen molar-refractivity contribution in [2.45, 2.75) is 52.6 Å². The quantitative estimate of drug-likeness (QED) is 0.761. The van der Waals surface area contributed by atoms with Crippen LogP contribution in [0.4, 0.5) is 0 Å². The molecule has 0 aromatic carbocycles. The van der Waals surface area contributed by atoms with Crippen molar-refractivity contribution >= 4 is 5.97 Å². The Morgan fingerprint density at radius 3 is 2.53 bits per heavy atom. The van der Waals surface area contributed by atoms with Crippen molar-refractivity contribution in [1.82, 2.24) is 15.5 Å². The van der Waals surface area contributed by atoms with E-state index in [1.54, 1.807) is 0 Å². The van der Waals surface area contributed by atoms with Gasteiger partial charge in [-0.1, -0.05) is 32.9 Å². The van der Waals surface area contributed by atoms with Crippen LogP contribution in [-0.2, 0) is 16.1 Å². The molecule has 1 N–H and O–H groups in total. The third-order valence-electron chi connectivity index (χ3n) is 2.68. The molecule has 1 rings (SSSR count). The van der Waals surface area contributed by atoms with E-state index in [4.69, 9.17) is 9.26 Å². The number of hydrogen-bond acceptors (Lipinski definition) is 6. The summed E-state index contributed by atoms with van der Waals surface area (Å²) in [6.45, 7) is 8.48. The van der Waals surface area contributed by atoms with Crippen LogP contribution in [0.2, 0.25) is 0 Å². The van der Waals surface area contributed by atoms with Crippen LogP contribution in [0.3, 0.4) is 0 Å². The molecule has 0 saturated carbocycles. The normalized spacial score (nSPS) is 13.0. The number of aromatic nitrogens is 2. The monoisotopic (exact) mass is 269 g/mol. The highest BCUT2D eigenvalue weighted by molar-refractivity contribution is 5.75. The summed E-state index contributed by atoms with van der Waals surface area (Å²) in [5.41, 5.74) is 0. The maximum Gasteiger partial charge on any atom is 0.322 e. The lowest BCUT2D eigenvalue weighted by molar-refractivity contribution is -0.143. The fraction of sp³-hybridized carbons (Fsp3) is 0.769. The number of carbonyl (C=O) groups excluding carboxylic acids is 1. The molecule has 108 valence electrons. The predicted molar refractivity (Wildman–Crippen MR) is 70.5 cm³/mol. The second-order valence-corrected chi connectivity index (χ2v) is 5.29. The van der Waals surface area contributed by atoms with Crippen LogP contribution < -0.4 is 5.32 Å². The Balaban J connectivity index is 2.57. The van der Waals surface area contributed by atoms with Crippen molar-refractivity contribution in [2.75, 3.05) is 7.11 Å². The minimum Gasteiger partial charge on any atom is -0.468 e. The average molecular weight is 269 g/mol. The summed E-state index contributed by atoms with van der Waals surface area (Å²) in [5.74, 6) is 1.50. The lowest BCUT2D eigenvalue weighted by Gasteiger charge is -2.17. The molecule has 0 bridgehead atoms. The van der Waals surface area contributed by atoms with Crippen LogP contribution in [0.25, 0.3) is 0 Å². The molecule has 6 nitrogen and oxygen atoms in total. The zero-order chi connectivity index (χ0) is 14.4. The molecule has 1 atom stereocenters. The van der Waals surface area contributed by atoms with Gasteiger partial charge in [0.2, 0.25) is 5.89 Å². The van der Waals surface area contributed by atoms with Gasteiger partial charge in [0.25, 0.3) is 0 Å². The first-order valence-corrected chi connectivity index (χ1v) is 6.57. The van der Waals surface area contributed by atoms with Crippen molar-refractivity contribution in [3.8, 4) is 0 Å². The molecule has 1 unspecified atom stereocenters. The summed E-state index contributed by atoms with van der Waals surface area (Å²) < 4.78 is 9.89. The minimum absolute atomic E-state index is 0.202. The van der Waals surface area contributed by atoms with Gasteiger partial charge in [-0.2, -0.15) is 4.98 Å². The Kier molecular flexibility index (Phi) is 5.95. The summed E-state index contributed by atoms with van der Waals surface area (Å²) in [5, 5.41) is 6.98. The largest absolute Gasteiger partial charge is 0.468 e. The lowest BCUT2D eigenvalue weighted by Crippen LogP contribution is -2.38. The van der Waals surface area contributed by atoms with Gasteiger partial charge in [-0.15, -0.1) is 0 Å². The zero-order valence-electron chi connectivity index (χ0n) is 12.3. The standard InChI is InChI=1S/C13H23N3O3/c1-8(2)6-10(13(17)18-5)14-7-11-15-12(9(3)4)19-16-11/h8-10,14H,6-7H2,1-5H3. The molecule has 0 aliphatic rings. The molecule has 0 saturated heterocycles. The summed E-state index contributed by atoms with van der Waals surface area (Å²) >= 11 is 0. The Hall–Kier alpha value is -1.43. The number of methoxy groups -OCH3 is 1. The van der Waals surface area contributed by atoms with Crippen LogP contribution in [0.1, 0.15) is 51.7 Å². The fourth-order valence-corrected chi connectivity index (χ4v) is 1.66. The molecule has 19 heavy (non-hydrogen) atoms. The number of esters is 1. The predicted octanol–water partition coefficient (Wildman–Crippen LogP) is 1.87. The molecule has 0 aliphatic carbocycles. The molecule has 1 heterocycles. The first kappa shape index (κ1) is 15.6. The van der Waals surface area contributed by atoms with Crippen LogP contribution in [0.5, 0.6) is 0 Å². The summed E-state index contributed by atoms with van der Waals surface area (Å²) in [6, 6.07) is -0.342. The number of carbonyl (C=O) groups is 1. The van der Waals surface area contributed by atoms with E-state index in [1.165, 1.54) is 7.11 Å². The van der Waals surface area contributed by atoms with Gasteiger partial charge in [-0.25, -0.2) is 0 Å². The minimum atomic E-state index is -0.342. The highest BCUT2D eigenvalue weighted by Gasteiger charge is 2.20. The van der Waals surface area contributed by atoms with Gasteiger partial charge >= 0.3 is 5.97 Å². The van der Waals surface area contributed by atoms with Gasteiger partial charge in [0, 0.05) is 5.92 Å². The summed E-state index contributed by atoms with van der Waals surface area (Å²) in [6.07, 6.45) is 0.710. The van der Waals surface area contributed by atoms with Gasteiger partial charge in [0.1, 0.15) is 6.04 Å². The first-order chi connectivity index (χ1) is 8.93. The first-order valence-electron chi connectivity index (χ1n) is 6.57. The molecular weight excluding hydrogens is 246 g/mol. The number of nitrogens with one attached hydrogen (secondary N) is 1. The Labute approximate surface area is 113 Å². The SMILES string of the molecule is COC(=O)C(CC(C)C)NCc1noc(C(C)C)n1. The van der Waals surface area contributed by atoms with Crippen molar-refractivity contribution in [3.05, 3.63) is 11.7 Å². The van der Waals surface area contributed by atoms with Crippen LogP contribution >= 0.6 is 0 Å². The third-order valence-corrected chi connectivity index (χ3v) is 2.68. The smallest absolute Gasteiger partial charge is 0.322 e. The van der Waals surface area contributed by atoms with E-state index in [2.05, 4.69) is 29.3 Å². The van der Waals surface area contributed by atoms with Crippen molar-refractivity contribution in [2.24, 2.45) is 5.92 Å². The van der Waals surface area contributed by atoms with Crippen molar-refractivity contribution in [3.63, 3.8) is 0 Å². The molecule has 6 heteroatoms. The summed E-state index contributed by atoms with van der Waals surface area (Å²) in [7, 11) is 1.39. The number of rotatable bonds is 7. The van der Waals surface area contributed by atoms with E-state index in [-0.39, 0.29) is 17.9 Å². The number of hydrogen-bond donors (Lipinski definition) is 1. The van der Waals surface area contributed by atoms with E-state index >= 15 is 0 Å². The highest BCUT2D eigenvalue weighted by atomic mass is 16.5. The molecule has 0 radical (unpaired) electrons. The van der Waals surface area contributed by atoms with Gasteiger partial charge in [0.15, 0.2) is 5.82 Å². The molecule has 0 spiro atoms. The van der Waals surface area contributed by atoms with Gasteiger partial charge in [-0.3, -0.25) is 10.1 Å². The van der Waals surface area contributed by atoms with E-state index in [0.717, 1.165) is 0 Å². The Morgan fingerprint density at radius 2 is 2.05 bits per heavy atom. The fourth-order valence-electron chi connectivity index (χ4n) is 1.66. The Morgan fingerprint density at radius 1 is 1.37 bits per heavy atom. The average Bonchev–Trinajstić information content (AvgIpc) is 2.82. The van der Waals surface area contributed by atoms with Crippen molar-refractivity contribution in [1.29, 1.82) is 0 Å². The zero-order valence-corrected chi connectivity index (χ0v) is 12.3. The molecule has 1 aromatic rings. The lowest BCUT2D eigenvalue weighted by atomic mass is 10.0.